The number of carbonyl (C=O) groups is 1. The molecule has 0 aliphatic heterocycles. The fourth-order valence-corrected chi connectivity index (χ4v) is 1.58. The number of benzene rings is 1. The molecule has 0 unspecified atom stereocenters. The highest BCUT2D eigenvalue weighted by Crippen LogP contribution is 2.22. The van der Waals surface area contributed by atoms with Crippen molar-refractivity contribution < 1.29 is 9.53 Å². The summed E-state index contributed by atoms with van der Waals surface area (Å²) in [6.45, 7) is 0. The minimum absolute atomic E-state index is 0.407. The summed E-state index contributed by atoms with van der Waals surface area (Å²) in [7, 11) is 1.34. The van der Waals surface area contributed by atoms with Gasteiger partial charge in [-0.05, 0) is 12.1 Å². The Balaban J connectivity index is 2.74. The number of carbonyl (C=O) groups excluding carboxylic acids is 1. The number of ether oxygens (including phenoxy) is 1. The van der Waals surface area contributed by atoms with E-state index >= 15 is 0 Å². The minimum Gasteiger partial charge on any atom is -0.465 e. The normalized spacial score (nSPS) is 10.3. The number of rotatable bonds is 1. The highest BCUT2D eigenvalue weighted by Gasteiger charge is 2.10. The maximum Gasteiger partial charge on any atom is 0.340 e. The van der Waals surface area contributed by atoms with Gasteiger partial charge in [-0.2, -0.15) is 0 Å². The van der Waals surface area contributed by atoms with Crippen LogP contribution in [0.2, 0.25) is 5.02 Å². The zero-order valence-electron chi connectivity index (χ0n) is 8.03. The Hall–Kier alpha value is -1.61. The quantitative estimate of drug-likeness (QED) is 0.695. The van der Waals surface area contributed by atoms with Crippen LogP contribution in [0.5, 0.6) is 0 Å². The Labute approximate surface area is 91.6 Å². The summed E-state index contributed by atoms with van der Waals surface area (Å²) in [5.74, 6) is -0.407. The van der Waals surface area contributed by atoms with E-state index in [1.54, 1.807) is 18.3 Å². The van der Waals surface area contributed by atoms with E-state index in [1.807, 2.05) is 6.07 Å². The maximum atomic E-state index is 11.4. The van der Waals surface area contributed by atoms with Crippen LogP contribution in [0.3, 0.4) is 0 Å². The second kappa shape index (κ2) is 3.87. The molecular formula is C11H8ClNO2. The predicted octanol–water partition coefficient (Wildman–Crippen LogP) is 2.67. The highest BCUT2D eigenvalue weighted by molar-refractivity contribution is 6.31. The van der Waals surface area contributed by atoms with Gasteiger partial charge in [-0.25, -0.2) is 4.79 Å². The summed E-state index contributed by atoms with van der Waals surface area (Å²) in [6, 6.07) is 5.30. The predicted molar refractivity (Wildman–Crippen MR) is 58.1 cm³/mol. The molecule has 0 spiro atoms. The number of methoxy groups -OCH3 is 1. The number of aromatic nitrogens is 1. The molecule has 1 heterocycles. The first-order valence-electron chi connectivity index (χ1n) is 4.34. The van der Waals surface area contributed by atoms with Gasteiger partial charge in [0.2, 0.25) is 0 Å². The van der Waals surface area contributed by atoms with Crippen molar-refractivity contribution in [2.24, 2.45) is 0 Å². The van der Waals surface area contributed by atoms with Crippen LogP contribution in [0.25, 0.3) is 10.8 Å². The van der Waals surface area contributed by atoms with E-state index in [2.05, 4.69) is 9.72 Å². The third-order valence-corrected chi connectivity index (χ3v) is 2.36. The van der Waals surface area contributed by atoms with Gasteiger partial charge >= 0.3 is 5.97 Å². The number of pyridine rings is 1. The lowest BCUT2D eigenvalue weighted by Crippen LogP contribution is -2.02. The summed E-state index contributed by atoms with van der Waals surface area (Å²) < 4.78 is 4.66. The molecule has 0 fully saturated rings. The zero-order valence-corrected chi connectivity index (χ0v) is 8.78. The summed E-state index contributed by atoms with van der Waals surface area (Å²) >= 11 is 5.87. The standard InChI is InChI=1S/C11H8ClNO2/c1-15-11(14)10-6-13-5-7-2-3-8(12)4-9(7)10/h2-6H,1H3. The third-order valence-electron chi connectivity index (χ3n) is 2.13. The van der Waals surface area contributed by atoms with Gasteiger partial charge in [-0.3, -0.25) is 4.98 Å². The van der Waals surface area contributed by atoms with E-state index < -0.39 is 5.97 Å². The number of hydrogen-bond donors (Lipinski definition) is 0. The molecule has 1 aromatic heterocycles. The molecular weight excluding hydrogens is 214 g/mol. The van der Waals surface area contributed by atoms with Gasteiger partial charge in [0, 0.05) is 28.2 Å². The molecule has 0 saturated heterocycles. The first-order valence-corrected chi connectivity index (χ1v) is 4.72. The Morgan fingerprint density at radius 2 is 2.20 bits per heavy atom. The van der Waals surface area contributed by atoms with Crippen molar-refractivity contribution >= 4 is 28.3 Å². The van der Waals surface area contributed by atoms with Crippen molar-refractivity contribution in [2.45, 2.75) is 0 Å². The molecule has 3 nitrogen and oxygen atoms in total. The summed E-state index contributed by atoms with van der Waals surface area (Å²) in [4.78, 5) is 15.4. The minimum atomic E-state index is -0.407. The van der Waals surface area contributed by atoms with E-state index in [0.717, 1.165) is 10.8 Å². The molecule has 0 aliphatic rings. The lowest BCUT2D eigenvalue weighted by molar-refractivity contribution is 0.0602. The zero-order chi connectivity index (χ0) is 10.8. The number of nitrogens with zero attached hydrogens (tertiary/aromatic N) is 1. The van der Waals surface area contributed by atoms with Crippen molar-refractivity contribution in [3.8, 4) is 0 Å². The average Bonchev–Trinajstić information content (AvgIpc) is 2.27. The van der Waals surface area contributed by atoms with Crippen molar-refractivity contribution in [3.63, 3.8) is 0 Å². The molecule has 0 N–H and O–H groups in total. The molecule has 0 saturated carbocycles. The van der Waals surface area contributed by atoms with Gasteiger partial charge in [-0.15, -0.1) is 0 Å². The van der Waals surface area contributed by atoms with E-state index in [1.165, 1.54) is 13.3 Å². The molecule has 76 valence electrons. The van der Waals surface area contributed by atoms with Crippen LogP contribution >= 0.6 is 11.6 Å². The maximum absolute atomic E-state index is 11.4. The Morgan fingerprint density at radius 1 is 1.40 bits per heavy atom. The van der Waals surface area contributed by atoms with Crippen molar-refractivity contribution in [1.82, 2.24) is 4.98 Å². The second-order valence-electron chi connectivity index (χ2n) is 3.04. The second-order valence-corrected chi connectivity index (χ2v) is 3.48. The van der Waals surface area contributed by atoms with Crippen molar-refractivity contribution in [3.05, 3.63) is 41.2 Å². The average molecular weight is 222 g/mol. The van der Waals surface area contributed by atoms with Crippen LogP contribution in [0.15, 0.2) is 30.6 Å². The first-order chi connectivity index (χ1) is 7.22. The Kier molecular flexibility index (Phi) is 2.56. The monoisotopic (exact) mass is 221 g/mol. The van der Waals surface area contributed by atoms with Crippen molar-refractivity contribution in [1.29, 1.82) is 0 Å². The molecule has 0 aliphatic carbocycles. The van der Waals surface area contributed by atoms with E-state index in [0.29, 0.717) is 10.6 Å². The topological polar surface area (TPSA) is 39.2 Å². The third kappa shape index (κ3) is 1.78. The van der Waals surface area contributed by atoms with E-state index in [4.69, 9.17) is 11.6 Å². The van der Waals surface area contributed by atoms with Gasteiger partial charge in [0.05, 0.1) is 12.7 Å². The SMILES string of the molecule is COC(=O)c1cncc2ccc(Cl)cc12. The lowest BCUT2D eigenvalue weighted by atomic mass is 10.1. The van der Waals surface area contributed by atoms with Gasteiger partial charge in [0.1, 0.15) is 0 Å². The van der Waals surface area contributed by atoms with Gasteiger partial charge in [-0.1, -0.05) is 17.7 Å². The molecule has 0 bridgehead atoms. The Bertz CT molecular complexity index is 525. The molecule has 2 aromatic rings. The summed E-state index contributed by atoms with van der Waals surface area (Å²) in [6.07, 6.45) is 3.16. The first kappa shape index (κ1) is 9.93. The van der Waals surface area contributed by atoms with E-state index in [9.17, 15) is 4.79 Å². The fraction of sp³-hybridized carbons (Fsp3) is 0.0909. The van der Waals surface area contributed by atoms with Crippen LogP contribution in [0, 0.1) is 0 Å². The summed E-state index contributed by atoms with van der Waals surface area (Å²) in [5.41, 5.74) is 0.428. The molecule has 4 heteroatoms. The van der Waals surface area contributed by atoms with Crippen LogP contribution < -0.4 is 0 Å². The van der Waals surface area contributed by atoms with Gasteiger partial charge in [0.15, 0.2) is 0 Å². The van der Waals surface area contributed by atoms with Gasteiger partial charge in [0.25, 0.3) is 0 Å². The van der Waals surface area contributed by atoms with Crippen molar-refractivity contribution in [2.75, 3.05) is 7.11 Å². The smallest absolute Gasteiger partial charge is 0.340 e. The fourth-order valence-electron chi connectivity index (χ4n) is 1.41. The van der Waals surface area contributed by atoms with Gasteiger partial charge < -0.3 is 4.74 Å². The van der Waals surface area contributed by atoms with Crippen LogP contribution in [-0.2, 0) is 4.74 Å². The Morgan fingerprint density at radius 3 is 2.93 bits per heavy atom. The highest BCUT2D eigenvalue weighted by atomic mass is 35.5. The number of halogens is 1. The lowest BCUT2D eigenvalue weighted by Gasteiger charge is -2.03. The van der Waals surface area contributed by atoms with Crippen LogP contribution in [0.1, 0.15) is 10.4 Å². The molecule has 0 amide bonds. The van der Waals surface area contributed by atoms with E-state index in [-0.39, 0.29) is 0 Å². The molecule has 15 heavy (non-hydrogen) atoms. The molecule has 0 radical (unpaired) electrons. The molecule has 0 atom stereocenters. The van der Waals surface area contributed by atoms with Crippen LogP contribution in [0.4, 0.5) is 0 Å². The molecule has 1 aromatic carbocycles. The number of esters is 1. The van der Waals surface area contributed by atoms with Crippen LogP contribution in [-0.4, -0.2) is 18.1 Å². The summed E-state index contributed by atoms with van der Waals surface area (Å²) in [5, 5.41) is 2.20. The number of fused-ring (bicyclic) bond motifs is 1. The molecule has 2 rings (SSSR count). The largest absolute Gasteiger partial charge is 0.465 e. The number of hydrogen-bond acceptors (Lipinski definition) is 3.